The topological polar surface area (TPSA) is 162 Å². The number of hydrogen-bond donors (Lipinski definition) is 0. The van der Waals surface area contributed by atoms with Crippen molar-refractivity contribution in [3.8, 4) is 46.0 Å². The molecule has 6 aromatic carbocycles. The second kappa shape index (κ2) is 12.2. The largest absolute Gasteiger partial charge is 0.759 e. The van der Waals surface area contributed by atoms with Gasteiger partial charge in [0.2, 0.25) is 38.2 Å². The Morgan fingerprint density at radius 2 is 0.782 bits per heavy atom. The normalized spacial score (nSPS) is 14.5. The molecule has 4 aliphatic rings. The van der Waals surface area contributed by atoms with Gasteiger partial charge in [0.1, 0.15) is 14.1 Å². The summed E-state index contributed by atoms with van der Waals surface area (Å²) in [6.07, 6.45) is 4.21. The van der Waals surface area contributed by atoms with E-state index < -0.39 is 10.4 Å². The van der Waals surface area contributed by atoms with Gasteiger partial charge in [-0.15, -0.1) is 0 Å². The SMILES string of the molecule is C[n+]1cc2c3c(ccc2c2ccc4cc5c(cc4c21)OCO5)OCO3.C[n+]1cc2c3c(ccc2c2ccc4cc5c(cc4c21)OCO5)OCO3.O=S(=O)([O-])[O-]. The van der Waals surface area contributed by atoms with Crippen LogP contribution in [0.5, 0.6) is 46.0 Å². The molecular weight excluding hydrogens is 733 g/mol. The summed E-state index contributed by atoms with van der Waals surface area (Å²) in [6.45, 7) is 1.11. The number of aryl methyl sites for hydroxylation is 2. The zero-order valence-electron chi connectivity index (χ0n) is 29.1. The summed E-state index contributed by atoms with van der Waals surface area (Å²) in [5.41, 5.74) is 2.31. The van der Waals surface area contributed by atoms with Crippen molar-refractivity contribution in [3.63, 3.8) is 0 Å². The van der Waals surface area contributed by atoms with Gasteiger partial charge in [-0.1, -0.05) is 12.1 Å². The molecule has 0 saturated heterocycles. The lowest BCUT2D eigenvalue weighted by molar-refractivity contribution is -0.642. The van der Waals surface area contributed by atoms with Crippen molar-refractivity contribution < 1.29 is 64.6 Å². The molecule has 0 amide bonds. The lowest BCUT2D eigenvalue weighted by Crippen LogP contribution is -2.28. The van der Waals surface area contributed by atoms with Crippen molar-refractivity contribution in [3.05, 3.63) is 85.2 Å². The molecule has 12 rings (SSSR count). The first kappa shape index (κ1) is 33.1. The van der Waals surface area contributed by atoms with E-state index in [-0.39, 0.29) is 27.2 Å². The fourth-order valence-corrected chi connectivity index (χ4v) is 7.82. The first-order chi connectivity index (χ1) is 26.6. The predicted molar refractivity (Wildman–Crippen MR) is 195 cm³/mol. The van der Waals surface area contributed by atoms with Crippen LogP contribution in [-0.2, 0) is 24.5 Å². The minimum absolute atomic E-state index is 0.275. The van der Waals surface area contributed by atoms with E-state index in [4.69, 9.17) is 55.4 Å². The van der Waals surface area contributed by atoms with Crippen LogP contribution in [0.15, 0.2) is 85.2 Å². The predicted octanol–water partition coefficient (Wildman–Crippen LogP) is 5.52. The molecule has 2 aromatic heterocycles. The molecule has 8 aromatic rings. The van der Waals surface area contributed by atoms with Crippen LogP contribution in [0.25, 0.3) is 64.9 Å². The Kier molecular flexibility index (Phi) is 7.36. The molecule has 276 valence electrons. The summed E-state index contributed by atoms with van der Waals surface area (Å²) in [6, 6.07) is 25.0. The van der Waals surface area contributed by atoms with E-state index in [1.165, 1.54) is 10.8 Å². The van der Waals surface area contributed by atoms with Crippen LogP contribution in [0.1, 0.15) is 0 Å². The number of ether oxygens (including phenoxy) is 8. The van der Waals surface area contributed by atoms with Gasteiger partial charge in [-0.25, -0.2) is 0 Å². The van der Waals surface area contributed by atoms with Crippen LogP contribution in [0.3, 0.4) is 0 Å². The van der Waals surface area contributed by atoms with Gasteiger partial charge in [0, 0.05) is 21.2 Å². The number of nitrogens with zero attached hydrogens (tertiary/aromatic N) is 2. The van der Waals surface area contributed by atoms with Gasteiger partial charge in [0.25, 0.3) is 0 Å². The molecule has 55 heavy (non-hydrogen) atoms. The molecule has 0 unspecified atom stereocenters. The Morgan fingerprint density at radius 3 is 1.20 bits per heavy atom. The van der Waals surface area contributed by atoms with Crippen LogP contribution in [0.2, 0.25) is 0 Å². The average Bonchev–Trinajstić information content (AvgIpc) is 3.99. The van der Waals surface area contributed by atoms with E-state index in [2.05, 4.69) is 84.2 Å². The maximum atomic E-state index is 8.52. The molecule has 0 bridgehead atoms. The van der Waals surface area contributed by atoms with Gasteiger partial charge < -0.3 is 47.0 Å². The van der Waals surface area contributed by atoms with E-state index >= 15 is 0 Å². The van der Waals surface area contributed by atoms with Gasteiger partial charge in [-0.2, -0.15) is 9.13 Å². The first-order valence-corrected chi connectivity index (χ1v) is 18.3. The van der Waals surface area contributed by atoms with Gasteiger partial charge in [0.15, 0.2) is 58.4 Å². The molecule has 6 heterocycles. The number of aromatic nitrogens is 2. The van der Waals surface area contributed by atoms with Gasteiger partial charge in [-0.05, 0) is 71.4 Å². The summed E-state index contributed by atoms with van der Waals surface area (Å²) in [7, 11) is -1.05. The number of pyridine rings is 2. The molecule has 15 heteroatoms. The first-order valence-electron chi connectivity index (χ1n) is 17.0. The van der Waals surface area contributed by atoms with Crippen molar-refractivity contribution in [1.29, 1.82) is 0 Å². The highest BCUT2D eigenvalue weighted by Gasteiger charge is 2.26. The summed E-state index contributed by atoms with van der Waals surface area (Å²) in [5.74, 6) is 6.45. The number of rotatable bonds is 0. The van der Waals surface area contributed by atoms with Gasteiger partial charge in [0.05, 0.1) is 32.3 Å². The number of hydrogen-bond acceptors (Lipinski definition) is 12. The minimum atomic E-state index is -5.17. The smallest absolute Gasteiger partial charge is 0.231 e. The van der Waals surface area contributed by atoms with Gasteiger partial charge in [-0.3, -0.25) is 8.42 Å². The lowest BCUT2D eigenvalue weighted by atomic mass is 10.00. The Morgan fingerprint density at radius 1 is 0.436 bits per heavy atom. The fraction of sp³-hybridized carbons (Fsp3) is 0.150. The fourth-order valence-electron chi connectivity index (χ4n) is 7.82. The quantitative estimate of drug-likeness (QED) is 0.0825. The van der Waals surface area contributed by atoms with Crippen molar-refractivity contribution in [2.24, 2.45) is 14.1 Å². The molecule has 0 fully saturated rings. The van der Waals surface area contributed by atoms with E-state index in [9.17, 15) is 0 Å². The van der Waals surface area contributed by atoms with Crippen LogP contribution >= 0.6 is 0 Å². The molecular formula is C40H28N2O12S. The third-order valence-electron chi connectivity index (χ3n) is 10.1. The van der Waals surface area contributed by atoms with E-state index in [0.29, 0.717) is 0 Å². The van der Waals surface area contributed by atoms with Crippen molar-refractivity contribution >= 4 is 75.3 Å². The van der Waals surface area contributed by atoms with Crippen molar-refractivity contribution in [2.45, 2.75) is 0 Å². The highest BCUT2D eigenvalue weighted by molar-refractivity contribution is 7.79. The molecule has 0 N–H and O–H groups in total. The van der Waals surface area contributed by atoms with E-state index in [1.54, 1.807) is 0 Å². The molecule has 0 atom stereocenters. The molecule has 0 saturated carbocycles. The van der Waals surface area contributed by atoms with Crippen molar-refractivity contribution in [2.75, 3.05) is 27.2 Å². The number of benzene rings is 6. The highest BCUT2D eigenvalue weighted by atomic mass is 32.3. The van der Waals surface area contributed by atoms with Crippen LogP contribution < -0.4 is 47.0 Å². The standard InChI is InChI=1S/2C20H14NO4.H2O4S/c2*1-21-8-15-12(4-5-16-20(15)25-10-22-16)13-3-2-11-6-17-18(24-9-23-17)7-14(11)19(13)21;1-5(2,3)4/h2*2-8H,9-10H2,1H3;(H2,1,2,3,4)/q2*+1;/p-2. The summed E-state index contributed by atoms with van der Waals surface area (Å²) >= 11 is 0. The maximum absolute atomic E-state index is 8.52. The average molecular weight is 761 g/mol. The maximum Gasteiger partial charge on any atom is 0.231 e. The monoisotopic (exact) mass is 760 g/mol. The second-order valence-electron chi connectivity index (χ2n) is 13.2. The van der Waals surface area contributed by atoms with Crippen molar-refractivity contribution in [1.82, 2.24) is 0 Å². The second-order valence-corrected chi connectivity index (χ2v) is 14.0. The molecule has 0 spiro atoms. The zero-order chi connectivity index (χ0) is 37.6. The Bertz CT molecular complexity index is 2880. The highest BCUT2D eigenvalue weighted by Crippen LogP contribution is 2.45. The minimum Gasteiger partial charge on any atom is -0.759 e. The van der Waals surface area contributed by atoms with E-state index in [0.717, 1.165) is 100 Å². The molecule has 4 aliphatic heterocycles. The zero-order valence-corrected chi connectivity index (χ0v) is 29.9. The Balaban J connectivity index is 0.000000121. The Hall–Kier alpha value is -6.55. The number of fused-ring (bicyclic) bond motifs is 16. The van der Waals surface area contributed by atoms with Gasteiger partial charge >= 0.3 is 0 Å². The van der Waals surface area contributed by atoms with Crippen LogP contribution in [0, 0.1) is 0 Å². The molecule has 0 aliphatic carbocycles. The van der Waals surface area contributed by atoms with Crippen LogP contribution in [0.4, 0.5) is 0 Å². The summed E-state index contributed by atoms with van der Waals surface area (Å²) < 4.78 is 83.0. The van der Waals surface area contributed by atoms with Crippen LogP contribution in [-0.4, -0.2) is 44.7 Å². The summed E-state index contributed by atoms with van der Waals surface area (Å²) in [4.78, 5) is 0. The third kappa shape index (κ3) is 5.50. The Labute approximate surface area is 311 Å². The van der Waals surface area contributed by atoms with E-state index in [1.807, 2.05) is 24.3 Å². The lowest BCUT2D eigenvalue weighted by Gasteiger charge is -2.08. The molecule has 0 radical (unpaired) electrons. The summed E-state index contributed by atoms with van der Waals surface area (Å²) in [5, 5.41) is 11.3. The molecule has 14 nitrogen and oxygen atoms in total. The third-order valence-corrected chi connectivity index (χ3v) is 10.1.